The third-order valence-corrected chi connectivity index (χ3v) is 7.88. The Labute approximate surface area is 183 Å². The predicted octanol–water partition coefficient (Wildman–Crippen LogP) is 4.82. The smallest absolute Gasteiger partial charge is 0.229 e. The van der Waals surface area contributed by atoms with Gasteiger partial charge < -0.3 is 4.90 Å². The van der Waals surface area contributed by atoms with Crippen molar-refractivity contribution in [3.63, 3.8) is 0 Å². The lowest BCUT2D eigenvalue weighted by Crippen LogP contribution is -2.30. The summed E-state index contributed by atoms with van der Waals surface area (Å²) in [5.74, 6) is 1.27. The number of fused-ring (bicyclic) bond motifs is 1. The largest absolute Gasteiger partial charge is 0.302 e. The van der Waals surface area contributed by atoms with Gasteiger partial charge in [0.2, 0.25) is 10.0 Å². The molecule has 156 valence electrons. The van der Waals surface area contributed by atoms with Crippen LogP contribution in [0.5, 0.6) is 0 Å². The fourth-order valence-electron chi connectivity index (χ4n) is 5.05. The summed E-state index contributed by atoms with van der Waals surface area (Å²) in [7, 11) is -3.27. The second-order valence-electron chi connectivity index (χ2n) is 8.48. The summed E-state index contributed by atoms with van der Waals surface area (Å²) in [5.41, 5.74) is 3.26. The van der Waals surface area contributed by atoms with Crippen molar-refractivity contribution in [2.75, 3.05) is 30.6 Å². The molecule has 0 aromatic heterocycles. The molecule has 0 radical (unpaired) electrons. The summed E-state index contributed by atoms with van der Waals surface area (Å²) in [4.78, 5) is 2.54. The number of sulfonamides is 1. The maximum Gasteiger partial charge on any atom is 0.229 e. The van der Waals surface area contributed by atoms with E-state index in [1.807, 2.05) is 36.4 Å². The van der Waals surface area contributed by atoms with Crippen molar-refractivity contribution in [3.05, 3.63) is 63.6 Å². The molecule has 1 aliphatic heterocycles. The Morgan fingerprint density at radius 1 is 1.17 bits per heavy atom. The van der Waals surface area contributed by atoms with Gasteiger partial charge in [0.05, 0.1) is 16.3 Å². The number of anilines is 1. The molecule has 0 amide bonds. The van der Waals surface area contributed by atoms with Gasteiger partial charge in [-0.2, -0.15) is 0 Å². The predicted molar refractivity (Wildman–Crippen MR) is 120 cm³/mol. The van der Waals surface area contributed by atoms with Crippen LogP contribution in [0, 0.1) is 11.8 Å². The van der Waals surface area contributed by atoms with Crippen molar-refractivity contribution in [1.82, 2.24) is 4.90 Å². The quantitative estimate of drug-likeness (QED) is 0.654. The first-order chi connectivity index (χ1) is 13.7. The molecule has 7 heteroatoms. The second kappa shape index (κ2) is 7.77. The topological polar surface area (TPSA) is 49.4 Å². The van der Waals surface area contributed by atoms with Crippen molar-refractivity contribution in [2.45, 2.75) is 25.2 Å². The Kier molecular flexibility index (Phi) is 5.62. The third kappa shape index (κ3) is 4.29. The number of hydrogen-bond acceptors (Lipinski definition) is 3. The summed E-state index contributed by atoms with van der Waals surface area (Å²) in [6, 6.07) is 13.8. The highest BCUT2D eigenvalue weighted by atomic mass is 35.5. The van der Waals surface area contributed by atoms with E-state index in [2.05, 4.69) is 22.6 Å². The first kappa shape index (κ1) is 21.0. The highest BCUT2D eigenvalue weighted by Gasteiger charge is 2.66. The SMILES string of the molecule is CC1C2CN(CCCc3ccc(Cl)c(Cl)c3)CC12c1cccc(NS(C)(=O)=O)c1. The van der Waals surface area contributed by atoms with Crippen LogP contribution in [-0.2, 0) is 21.9 Å². The highest BCUT2D eigenvalue weighted by molar-refractivity contribution is 7.92. The molecule has 1 aliphatic carbocycles. The van der Waals surface area contributed by atoms with E-state index in [1.165, 1.54) is 17.4 Å². The van der Waals surface area contributed by atoms with Gasteiger partial charge in [0.15, 0.2) is 0 Å². The van der Waals surface area contributed by atoms with Gasteiger partial charge in [0.1, 0.15) is 0 Å². The Morgan fingerprint density at radius 2 is 1.97 bits per heavy atom. The molecule has 2 aromatic carbocycles. The van der Waals surface area contributed by atoms with Crippen LogP contribution in [-0.4, -0.2) is 39.2 Å². The van der Waals surface area contributed by atoms with E-state index >= 15 is 0 Å². The van der Waals surface area contributed by atoms with E-state index in [0.717, 1.165) is 32.5 Å². The zero-order valence-electron chi connectivity index (χ0n) is 16.7. The molecule has 0 spiro atoms. The number of likely N-dealkylation sites (tertiary alicyclic amines) is 1. The molecule has 2 aliphatic rings. The monoisotopic (exact) mass is 452 g/mol. The molecule has 2 fully saturated rings. The van der Waals surface area contributed by atoms with Gasteiger partial charge in [0, 0.05) is 24.2 Å². The van der Waals surface area contributed by atoms with Gasteiger partial charge in [-0.3, -0.25) is 4.72 Å². The first-order valence-corrected chi connectivity index (χ1v) is 12.6. The number of benzene rings is 2. The van der Waals surface area contributed by atoms with E-state index in [-0.39, 0.29) is 5.41 Å². The third-order valence-electron chi connectivity index (χ3n) is 6.54. The van der Waals surface area contributed by atoms with Crippen molar-refractivity contribution < 1.29 is 8.42 Å². The molecule has 1 saturated carbocycles. The number of halogens is 2. The Bertz CT molecular complexity index is 1030. The maximum atomic E-state index is 11.6. The van der Waals surface area contributed by atoms with Gasteiger partial charge in [-0.15, -0.1) is 0 Å². The molecule has 4 rings (SSSR count). The minimum atomic E-state index is -3.27. The average molecular weight is 453 g/mol. The molecule has 3 atom stereocenters. The normalized spacial score (nSPS) is 26.3. The lowest BCUT2D eigenvalue weighted by atomic mass is 9.92. The number of nitrogens with one attached hydrogen (secondary N) is 1. The number of nitrogens with zero attached hydrogens (tertiary/aromatic N) is 1. The Hall–Kier alpha value is -1.27. The fraction of sp³-hybridized carbons (Fsp3) is 0.455. The van der Waals surface area contributed by atoms with E-state index in [0.29, 0.717) is 27.6 Å². The van der Waals surface area contributed by atoms with Crippen LogP contribution in [0.2, 0.25) is 10.0 Å². The number of aryl methyl sites for hydroxylation is 1. The second-order valence-corrected chi connectivity index (χ2v) is 11.0. The van der Waals surface area contributed by atoms with E-state index in [9.17, 15) is 8.42 Å². The summed E-state index contributed by atoms with van der Waals surface area (Å²) >= 11 is 12.1. The van der Waals surface area contributed by atoms with Crippen LogP contribution in [0.25, 0.3) is 0 Å². The van der Waals surface area contributed by atoms with E-state index < -0.39 is 10.0 Å². The summed E-state index contributed by atoms with van der Waals surface area (Å²) < 4.78 is 25.8. The van der Waals surface area contributed by atoms with Gasteiger partial charge >= 0.3 is 0 Å². The van der Waals surface area contributed by atoms with Crippen LogP contribution in [0.3, 0.4) is 0 Å². The van der Waals surface area contributed by atoms with Gasteiger partial charge in [-0.25, -0.2) is 8.42 Å². The fourth-order valence-corrected chi connectivity index (χ4v) is 5.92. The van der Waals surface area contributed by atoms with Crippen LogP contribution >= 0.6 is 23.2 Å². The Balaban J connectivity index is 1.39. The van der Waals surface area contributed by atoms with Crippen LogP contribution in [0.4, 0.5) is 5.69 Å². The zero-order chi connectivity index (χ0) is 20.8. The molecule has 3 unspecified atom stereocenters. The van der Waals surface area contributed by atoms with Crippen molar-refractivity contribution in [1.29, 1.82) is 0 Å². The minimum absolute atomic E-state index is 0.152. The van der Waals surface area contributed by atoms with E-state index in [4.69, 9.17) is 23.2 Å². The van der Waals surface area contributed by atoms with E-state index in [1.54, 1.807) is 0 Å². The first-order valence-electron chi connectivity index (χ1n) is 9.94. The summed E-state index contributed by atoms with van der Waals surface area (Å²) in [5, 5.41) is 1.21. The van der Waals surface area contributed by atoms with Crippen molar-refractivity contribution >= 4 is 38.9 Å². The molecule has 2 aromatic rings. The molecule has 1 saturated heterocycles. The lowest BCUT2D eigenvalue weighted by Gasteiger charge is -2.23. The molecular weight excluding hydrogens is 427 g/mol. The summed E-state index contributed by atoms with van der Waals surface area (Å²) in [6.07, 6.45) is 3.24. The summed E-state index contributed by atoms with van der Waals surface area (Å²) in [6.45, 7) is 5.50. The van der Waals surface area contributed by atoms with Crippen LogP contribution < -0.4 is 4.72 Å². The Morgan fingerprint density at radius 3 is 2.69 bits per heavy atom. The minimum Gasteiger partial charge on any atom is -0.302 e. The average Bonchev–Trinajstić information content (AvgIpc) is 3.01. The number of rotatable bonds is 7. The van der Waals surface area contributed by atoms with Gasteiger partial charge in [-0.05, 0) is 66.6 Å². The van der Waals surface area contributed by atoms with Gasteiger partial charge in [-0.1, -0.05) is 48.3 Å². The van der Waals surface area contributed by atoms with Crippen LogP contribution in [0.1, 0.15) is 24.5 Å². The molecule has 29 heavy (non-hydrogen) atoms. The number of piperidine rings is 1. The maximum absolute atomic E-state index is 11.6. The zero-order valence-corrected chi connectivity index (χ0v) is 19.0. The standard InChI is InChI=1S/C22H26Cl2N2O2S/c1-15-19-13-26(10-4-5-16-8-9-20(23)21(24)11-16)14-22(15,19)17-6-3-7-18(12-17)25-29(2,27)28/h3,6-9,11-12,15,19,25H,4-5,10,13-14H2,1-2H3. The van der Waals surface area contributed by atoms with Crippen LogP contribution in [0.15, 0.2) is 42.5 Å². The van der Waals surface area contributed by atoms with Gasteiger partial charge in [0.25, 0.3) is 0 Å². The molecular formula is C22H26Cl2N2O2S. The molecule has 1 N–H and O–H groups in total. The lowest BCUT2D eigenvalue weighted by molar-refractivity contribution is 0.277. The number of hydrogen-bond donors (Lipinski definition) is 1. The van der Waals surface area contributed by atoms with Crippen molar-refractivity contribution in [2.24, 2.45) is 11.8 Å². The molecule has 4 nitrogen and oxygen atoms in total. The molecule has 0 bridgehead atoms. The highest BCUT2D eigenvalue weighted by Crippen LogP contribution is 2.64. The molecule has 1 heterocycles. The van der Waals surface area contributed by atoms with Crippen molar-refractivity contribution in [3.8, 4) is 0 Å².